The fourth-order valence-electron chi connectivity index (χ4n) is 4.20. The highest BCUT2D eigenvalue weighted by Gasteiger charge is 2.28. The molecule has 1 aromatic carbocycles. The molecule has 1 amide bonds. The number of hydrogen-bond donors (Lipinski definition) is 2. The normalized spacial score (nSPS) is 21.5. The Hall–Kier alpha value is -0.850. The molecule has 0 saturated carbocycles. The molecule has 0 aromatic heterocycles. The van der Waals surface area contributed by atoms with Crippen LogP contribution in [0.5, 0.6) is 0 Å². The van der Waals surface area contributed by atoms with Crippen molar-refractivity contribution >= 4 is 30.7 Å². The molecule has 2 heterocycles. The van der Waals surface area contributed by atoms with Gasteiger partial charge in [0.1, 0.15) is 0 Å². The highest BCUT2D eigenvalue weighted by molar-refractivity contribution is 5.85. The van der Waals surface area contributed by atoms with Crippen molar-refractivity contribution in [2.24, 2.45) is 5.92 Å². The number of hydrogen-bond acceptors (Lipinski definition) is 4. The first-order chi connectivity index (χ1) is 13.2. The molecule has 2 N–H and O–H groups in total. The molecular formula is C22H37Cl2N3O2. The molecule has 7 heteroatoms. The van der Waals surface area contributed by atoms with Crippen molar-refractivity contribution in [3.05, 3.63) is 35.9 Å². The molecule has 2 atom stereocenters. The summed E-state index contributed by atoms with van der Waals surface area (Å²) in [6, 6.07) is 10.7. The first-order valence-electron chi connectivity index (χ1n) is 10.6. The smallest absolute Gasteiger partial charge is 0.220 e. The fraction of sp³-hybridized carbons (Fsp3) is 0.682. The lowest BCUT2D eigenvalue weighted by Gasteiger charge is -2.37. The second-order valence-corrected chi connectivity index (χ2v) is 7.94. The number of benzene rings is 1. The zero-order valence-electron chi connectivity index (χ0n) is 17.5. The molecule has 2 aliphatic heterocycles. The highest BCUT2D eigenvalue weighted by Crippen LogP contribution is 2.18. The second kappa shape index (κ2) is 14.2. The fourth-order valence-corrected chi connectivity index (χ4v) is 4.20. The number of halogens is 2. The van der Waals surface area contributed by atoms with Crippen molar-refractivity contribution in [1.29, 1.82) is 0 Å². The number of nitrogens with zero attached hydrogens (tertiary/aromatic N) is 1. The number of carbonyl (C=O) groups is 1. The van der Waals surface area contributed by atoms with E-state index < -0.39 is 0 Å². The minimum atomic E-state index is 0. The first kappa shape index (κ1) is 26.2. The maximum absolute atomic E-state index is 12.5. The van der Waals surface area contributed by atoms with Gasteiger partial charge in [-0.1, -0.05) is 37.3 Å². The zero-order valence-corrected chi connectivity index (χ0v) is 19.1. The number of ether oxygens (including phenoxy) is 1. The maximum atomic E-state index is 12.5. The van der Waals surface area contributed by atoms with Crippen LogP contribution in [0.3, 0.4) is 0 Å². The number of morpholine rings is 1. The number of piperidine rings is 1. The molecule has 0 radical (unpaired) electrons. The number of carbonyl (C=O) groups excluding carboxylic acids is 1. The van der Waals surface area contributed by atoms with Gasteiger partial charge in [-0.15, -0.1) is 24.8 Å². The number of amides is 1. The molecule has 2 fully saturated rings. The van der Waals surface area contributed by atoms with E-state index in [1.54, 1.807) is 0 Å². The number of rotatable bonds is 8. The van der Waals surface area contributed by atoms with E-state index in [9.17, 15) is 4.79 Å². The first-order valence-corrected chi connectivity index (χ1v) is 10.6. The Labute approximate surface area is 188 Å². The summed E-state index contributed by atoms with van der Waals surface area (Å²) in [6.45, 7) is 7.83. The summed E-state index contributed by atoms with van der Waals surface area (Å²) in [5, 5.41) is 6.64. The van der Waals surface area contributed by atoms with E-state index in [-0.39, 0.29) is 42.9 Å². The monoisotopic (exact) mass is 445 g/mol. The van der Waals surface area contributed by atoms with Gasteiger partial charge in [0.05, 0.1) is 18.8 Å². The summed E-state index contributed by atoms with van der Waals surface area (Å²) in [7, 11) is 0. The average Bonchev–Trinajstić information content (AvgIpc) is 2.72. The van der Waals surface area contributed by atoms with Gasteiger partial charge >= 0.3 is 0 Å². The van der Waals surface area contributed by atoms with Gasteiger partial charge in [-0.2, -0.15) is 0 Å². The Morgan fingerprint density at radius 3 is 2.66 bits per heavy atom. The van der Waals surface area contributed by atoms with Crippen LogP contribution in [0.4, 0.5) is 0 Å². The highest BCUT2D eigenvalue weighted by atomic mass is 35.5. The molecule has 166 valence electrons. The van der Waals surface area contributed by atoms with Gasteiger partial charge in [0.2, 0.25) is 5.91 Å². The zero-order chi connectivity index (χ0) is 18.9. The third-order valence-corrected chi connectivity index (χ3v) is 5.90. The topological polar surface area (TPSA) is 53.6 Å². The van der Waals surface area contributed by atoms with Gasteiger partial charge in [-0.05, 0) is 50.3 Å². The summed E-state index contributed by atoms with van der Waals surface area (Å²) in [4.78, 5) is 14.9. The largest absolute Gasteiger partial charge is 0.373 e. The van der Waals surface area contributed by atoms with Gasteiger partial charge in [-0.3, -0.25) is 9.69 Å². The van der Waals surface area contributed by atoms with E-state index in [1.165, 1.54) is 18.4 Å². The number of nitrogens with one attached hydrogen (secondary N) is 2. The molecule has 0 aliphatic carbocycles. The molecule has 3 rings (SSSR count). The molecule has 2 aliphatic rings. The molecule has 0 spiro atoms. The van der Waals surface area contributed by atoms with Gasteiger partial charge in [0, 0.05) is 26.1 Å². The lowest BCUT2D eigenvalue weighted by Crippen LogP contribution is -2.53. The van der Waals surface area contributed by atoms with Gasteiger partial charge in [0.15, 0.2) is 0 Å². The lowest BCUT2D eigenvalue weighted by atomic mass is 9.93. The van der Waals surface area contributed by atoms with E-state index in [0.29, 0.717) is 12.3 Å². The van der Waals surface area contributed by atoms with E-state index in [2.05, 4.69) is 52.8 Å². The Kier molecular flexibility index (Phi) is 12.8. The third-order valence-electron chi connectivity index (χ3n) is 5.90. The van der Waals surface area contributed by atoms with Crippen LogP contribution in [0.25, 0.3) is 0 Å². The molecule has 5 nitrogen and oxygen atoms in total. The van der Waals surface area contributed by atoms with Crippen molar-refractivity contribution < 1.29 is 9.53 Å². The predicted molar refractivity (Wildman–Crippen MR) is 123 cm³/mol. The third kappa shape index (κ3) is 8.81. The minimum absolute atomic E-state index is 0. The lowest BCUT2D eigenvalue weighted by molar-refractivity contribution is -0.124. The van der Waals surface area contributed by atoms with Crippen LogP contribution in [0.2, 0.25) is 0 Å². The second-order valence-electron chi connectivity index (χ2n) is 7.94. The molecule has 2 saturated heterocycles. The van der Waals surface area contributed by atoms with Crippen LogP contribution in [0.15, 0.2) is 30.3 Å². The molecular weight excluding hydrogens is 409 g/mol. The van der Waals surface area contributed by atoms with Crippen molar-refractivity contribution in [1.82, 2.24) is 15.5 Å². The van der Waals surface area contributed by atoms with Crippen LogP contribution in [0, 0.1) is 5.92 Å². The predicted octanol–water partition coefficient (Wildman–Crippen LogP) is 3.41. The Morgan fingerprint density at radius 2 is 1.97 bits per heavy atom. The summed E-state index contributed by atoms with van der Waals surface area (Å²) in [5.74, 6) is 0.883. The van der Waals surface area contributed by atoms with Gasteiger partial charge in [-0.25, -0.2) is 0 Å². The standard InChI is InChI=1S/C22H35N3O2.2ClH/c1-2-20(24-22(26)9-8-18-10-12-23-13-11-18)21-17-25(14-15-27-21)16-19-6-4-3-5-7-19;;/h3-7,18,20-21,23H,2,8-17H2,1H3,(H,24,26);2*1H. The van der Waals surface area contributed by atoms with E-state index in [0.717, 1.165) is 52.2 Å². The molecule has 1 aromatic rings. The van der Waals surface area contributed by atoms with E-state index >= 15 is 0 Å². The summed E-state index contributed by atoms with van der Waals surface area (Å²) < 4.78 is 6.03. The SMILES string of the molecule is CCC(NC(=O)CCC1CCNCC1)C1CN(Cc2ccccc2)CCO1.Cl.Cl. The molecule has 29 heavy (non-hydrogen) atoms. The summed E-state index contributed by atoms with van der Waals surface area (Å²) in [5.41, 5.74) is 1.33. The van der Waals surface area contributed by atoms with Crippen LogP contribution in [-0.2, 0) is 16.1 Å². The van der Waals surface area contributed by atoms with Crippen molar-refractivity contribution in [3.8, 4) is 0 Å². The van der Waals surface area contributed by atoms with E-state index in [1.807, 2.05) is 0 Å². The summed E-state index contributed by atoms with van der Waals surface area (Å²) in [6.07, 6.45) is 5.03. The summed E-state index contributed by atoms with van der Waals surface area (Å²) >= 11 is 0. The molecule has 0 bridgehead atoms. The molecule has 2 unspecified atom stereocenters. The van der Waals surface area contributed by atoms with Crippen LogP contribution < -0.4 is 10.6 Å². The Balaban J connectivity index is 0.00000210. The van der Waals surface area contributed by atoms with E-state index in [4.69, 9.17) is 4.74 Å². The average molecular weight is 446 g/mol. The van der Waals surface area contributed by atoms with Crippen molar-refractivity contribution in [2.45, 2.75) is 57.7 Å². The van der Waals surface area contributed by atoms with Crippen LogP contribution in [0.1, 0.15) is 44.6 Å². The van der Waals surface area contributed by atoms with Crippen molar-refractivity contribution in [3.63, 3.8) is 0 Å². The Morgan fingerprint density at radius 1 is 1.24 bits per heavy atom. The van der Waals surface area contributed by atoms with Gasteiger partial charge < -0.3 is 15.4 Å². The van der Waals surface area contributed by atoms with Crippen LogP contribution in [-0.4, -0.2) is 55.7 Å². The van der Waals surface area contributed by atoms with Gasteiger partial charge in [0.25, 0.3) is 0 Å². The van der Waals surface area contributed by atoms with Crippen molar-refractivity contribution in [2.75, 3.05) is 32.8 Å². The maximum Gasteiger partial charge on any atom is 0.220 e. The van der Waals surface area contributed by atoms with Crippen LogP contribution >= 0.6 is 24.8 Å². The Bertz CT molecular complexity index is 570. The quantitative estimate of drug-likeness (QED) is 0.643. The minimum Gasteiger partial charge on any atom is -0.373 e.